The quantitative estimate of drug-likeness (QED) is 0.790. The van der Waals surface area contributed by atoms with Crippen molar-refractivity contribution in [3.05, 3.63) is 29.8 Å². The van der Waals surface area contributed by atoms with Gasteiger partial charge in [-0.05, 0) is 24.0 Å². The highest BCUT2D eigenvalue weighted by atomic mass is 16.2. The minimum Gasteiger partial charge on any atom is -0.326 e. The Morgan fingerprint density at radius 2 is 2.19 bits per heavy atom. The molecule has 1 atom stereocenters. The highest BCUT2D eigenvalue weighted by Crippen LogP contribution is 2.51. The molecule has 1 unspecified atom stereocenters. The fraction of sp³-hybridized carbons (Fsp3) is 0.385. The number of aldehydes is 1. The molecule has 1 fully saturated rings. The van der Waals surface area contributed by atoms with Crippen LogP contribution in [0.15, 0.2) is 24.3 Å². The summed E-state index contributed by atoms with van der Waals surface area (Å²) in [7, 11) is 0. The van der Waals surface area contributed by atoms with Gasteiger partial charge < -0.3 is 5.32 Å². The fourth-order valence-corrected chi connectivity index (χ4v) is 1.83. The van der Waals surface area contributed by atoms with E-state index in [2.05, 4.69) is 19.2 Å². The second kappa shape index (κ2) is 3.74. The molecular weight excluding hydrogens is 202 g/mol. The summed E-state index contributed by atoms with van der Waals surface area (Å²) < 4.78 is 0. The zero-order valence-corrected chi connectivity index (χ0v) is 9.49. The Hall–Kier alpha value is -1.64. The van der Waals surface area contributed by atoms with E-state index in [1.807, 2.05) is 0 Å². The minimum atomic E-state index is 0.0491. The number of amides is 1. The molecule has 0 saturated heterocycles. The van der Waals surface area contributed by atoms with Gasteiger partial charge in [-0.2, -0.15) is 0 Å². The standard InChI is InChI=1S/C13H15NO2/c1-13(2)7-11(13)12(16)14-10-5-3-4-9(6-10)8-15/h3-6,8,11H,7H2,1-2H3,(H,14,16). The maximum Gasteiger partial charge on any atom is 0.228 e. The summed E-state index contributed by atoms with van der Waals surface area (Å²) in [5, 5.41) is 2.84. The smallest absolute Gasteiger partial charge is 0.228 e. The Balaban J connectivity index is 2.04. The van der Waals surface area contributed by atoms with Crippen molar-refractivity contribution in [1.29, 1.82) is 0 Å². The van der Waals surface area contributed by atoms with Crippen LogP contribution < -0.4 is 5.32 Å². The van der Waals surface area contributed by atoms with Crippen molar-refractivity contribution in [2.45, 2.75) is 20.3 Å². The first-order chi connectivity index (χ1) is 7.53. The van der Waals surface area contributed by atoms with E-state index in [-0.39, 0.29) is 17.2 Å². The van der Waals surface area contributed by atoms with Crippen LogP contribution in [-0.2, 0) is 4.79 Å². The van der Waals surface area contributed by atoms with Crippen LogP contribution in [0.5, 0.6) is 0 Å². The predicted molar refractivity (Wildman–Crippen MR) is 62.3 cm³/mol. The van der Waals surface area contributed by atoms with Crippen LogP contribution in [-0.4, -0.2) is 12.2 Å². The van der Waals surface area contributed by atoms with Crippen LogP contribution >= 0.6 is 0 Å². The highest BCUT2D eigenvalue weighted by molar-refractivity contribution is 5.95. The van der Waals surface area contributed by atoms with E-state index in [0.29, 0.717) is 11.3 Å². The van der Waals surface area contributed by atoms with Crippen molar-refractivity contribution in [2.75, 3.05) is 5.32 Å². The van der Waals surface area contributed by atoms with E-state index < -0.39 is 0 Å². The van der Waals surface area contributed by atoms with Gasteiger partial charge >= 0.3 is 0 Å². The van der Waals surface area contributed by atoms with Gasteiger partial charge in [-0.25, -0.2) is 0 Å². The number of benzene rings is 1. The number of rotatable bonds is 3. The van der Waals surface area contributed by atoms with Gasteiger partial charge in [0.25, 0.3) is 0 Å². The molecule has 1 aromatic rings. The lowest BCUT2D eigenvalue weighted by Gasteiger charge is -2.06. The maximum absolute atomic E-state index is 11.8. The summed E-state index contributed by atoms with van der Waals surface area (Å²) in [6, 6.07) is 6.95. The molecular formula is C13H15NO2. The molecule has 1 saturated carbocycles. The molecule has 2 rings (SSSR count). The first kappa shape index (κ1) is 10.9. The topological polar surface area (TPSA) is 46.2 Å². The van der Waals surface area contributed by atoms with Crippen molar-refractivity contribution in [1.82, 2.24) is 0 Å². The number of anilines is 1. The van der Waals surface area contributed by atoms with E-state index in [0.717, 1.165) is 12.7 Å². The van der Waals surface area contributed by atoms with Crippen LogP contribution in [0.1, 0.15) is 30.6 Å². The maximum atomic E-state index is 11.8. The summed E-state index contributed by atoms with van der Waals surface area (Å²) in [6.45, 7) is 4.16. The molecule has 0 bridgehead atoms. The van der Waals surface area contributed by atoms with Gasteiger partial charge in [-0.3, -0.25) is 9.59 Å². The monoisotopic (exact) mass is 217 g/mol. The third kappa shape index (κ3) is 2.13. The molecule has 3 heteroatoms. The summed E-state index contributed by atoms with van der Waals surface area (Å²) >= 11 is 0. The predicted octanol–water partition coefficient (Wildman–Crippen LogP) is 2.48. The fourth-order valence-electron chi connectivity index (χ4n) is 1.83. The minimum absolute atomic E-state index is 0.0491. The number of carbonyl (C=O) groups excluding carboxylic acids is 2. The first-order valence-electron chi connectivity index (χ1n) is 5.39. The third-order valence-corrected chi connectivity index (χ3v) is 3.12. The van der Waals surface area contributed by atoms with Crippen molar-refractivity contribution in [2.24, 2.45) is 11.3 Å². The average Bonchev–Trinajstić information content (AvgIpc) is 2.88. The van der Waals surface area contributed by atoms with Gasteiger partial charge in [0.1, 0.15) is 6.29 Å². The summed E-state index contributed by atoms with van der Waals surface area (Å²) in [4.78, 5) is 22.4. The molecule has 0 heterocycles. The number of nitrogens with one attached hydrogen (secondary N) is 1. The van der Waals surface area contributed by atoms with Crippen molar-refractivity contribution in [3.8, 4) is 0 Å². The van der Waals surface area contributed by atoms with Crippen molar-refractivity contribution >= 4 is 17.9 Å². The van der Waals surface area contributed by atoms with E-state index in [9.17, 15) is 9.59 Å². The Labute approximate surface area is 94.9 Å². The molecule has 3 nitrogen and oxygen atoms in total. The lowest BCUT2D eigenvalue weighted by molar-refractivity contribution is -0.118. The summed E-state index contributed by atoms with van der Waals surface area (Å²) in [5.41, 5.74) is 1.40. The molecule has 1 amide bonds. The normalized spacial score (nSPS) is 21.2. The Kier molecular flexibility index (Phi) is 2.54. The van der Waals surface area contributed by atoms with Crippen LogP contribution in [0.4, 0.5) is 5.69 Å². The first-order valence-corrected chi connectivity index (χ1v) is 5.39. The van der Waals surface area contributed by atoms with Gasteiger partial charge in [-0.1, -0.05) is 26.0 Å². The van der Waals surface area contributed by atoms with E-state index >= 15 is 0 Å². The van der Waals surface area contributed by atoms with Crippen LogP contribution in [0, 0.1) is 11.3 Å². The summed E-state index contributed by atoms with van der Waals surface area (Å²) in [6.07, 6.45) is 1.71. The zero-order chi connectivity index (χ0) is 11.8. The highest BCUT2D eigenvalue weighted by Gasteiger charge is 2.50. The van der Waals surface area contributed by atoms with Crippen LogP contribution in [0.3, 0.4) is 0 Å². The Bertz CT molecular complexity index is 437. The second-order valence-electron chi connectivity index (χ2n) is 4.98. The van der Waals surface area contributed by atoms with Crippen LogP contribution in [0.2, 0.25) is 0 Å². The molecule has 1 aliphatic rings. The number of hydrogen-bond donors (Lipinski definition) is 1. The molecule has 0 spiro atoms. The van der Waals surface area contributed by atoms with Gasteiger partial charge in [0.2, 0.25) is 5.91 Å². The van der Waals surface area contributed by atoms with Gasteiger partial charge in [0.15, 0.2) is 0 Å². The van der Waals surface area contributed by atoms with Crippen LogP contribution in [0.25, 0.3) is 0 Å². The van der Waals surface area contributed by atoms with Gasteiger partial charge in [-0.15, -0.1) is 0 Å². The third-order valence-electron chi connectivity index (χ3n) is 3.12. The Morgan fingerprint density at radius 1 is 1.50 bits per heavy atom. The largest absolute Gasteiger partial charge is 0.326 e. The number of hydrogen-bond acceptors (Lipinski definition) is 2. The van der Waals surface area contributed by atoms with E-state index in [1.54, 1.807) is 24.3 Å². The summed E-state index contributed by atoms with van der Waals surface area (Å²) in [5.74, 6) is 0.153. The Morgan fingerprint density at radius 3 is 2.75 bits per heavy atom. The molecule has 0 aromatic heterocycles. The van der Waals surface area contributed by atoms with E-state index in [1.165, 1.54) is 0 Å². The molecule has 1 aromatic carbocycles. The lowest BCUT2D eigenvalue weighted by Crippen LogP contribution is -2.16. The molecule has 16 heavy (non-hydrogen) atoms. The molecule has 0 aliphatic heterocycles. The van der Waals surface area contributed by atoms with Crippen molar-refractivity contribution < 1.29 is 9.59 Å². The molecule has 0 radical (unpaired) electrons. The average molecular weight is 217 g/mol. The molecule has 1 aliphatic carbocycles. The molecule has 1 N–H and O–H groups in total. The van der Waals surface area contributed by atoms with E-state index in [4.69, 9.17) is 0 Å². The second-order valence-corrected chi connectivity index (χ2v) is 4.98. The molecule has 84 valence electrons. The van der Waals surface area contributed by atoms with Crippen molar-refractivity contribution in [3.63, 3.8) is 0 Å². The SMILES string of the molecule is CC1(C)CC1C(=O)Nc1cccc(C=O)c1. The van der Waals surface area contributed by atoms with Gasteiger partial charge in [0, 0.05) is 17.2 Å². The lowest BCUT2D eigenvalue weighted by atomic mass is 10.1. The van der Waals surface area contributed by atoms with Gasteiger partial charge in [0.05, 0.1) is 0 Å². The zero-order valence-electron chi connectivity index (χ0n) is 9.49. The number of carbonyl (C=O) groups is 2.